The average Bonchev–Trinajstić information content (AvgIpc) is 2.69. The summed E-state index contributed by atoms with van der Waals surface area (Å²) in [6.07, 6.45) is 2.63. The molecule has 7 heteroatoms. The van der Waals surface area contributed by atoms with Crippen LogP contribution in [-0.4, -0.2) is 29.9 Å². The molecule has 5 nitrogen and oxygen atoms in total. The minimum atomic E-state index is -0.501. The Balaban J connectivity index is 0.00000392. The molecular weight excluding hydrogens is 394 g/mol. The van der Waals surface area contributed by atoms with Crippen molar-refractivity contribution >= 4 is 36.0 Å². The summed E-state index contributed by atoms with van der Waals surface area (Å²) in [5.74, 6) is 0.546. The third kappa shape index (κ3) is 7.92. The first-order chi connectivity index (χ1) is 13.0. The number of nitrogens with one attached hydrogen (secondary N) is 2. The molecule has 2 amide bonds. The highest BCUT2D eigenvalue weighted by Gasteiger charge is 2.13. The molecule has 4 N–H and O–H groups in total. The Hall–Kier alpha value is -2.02. The normalized spacial score (nSPS) is 11.2. The van der Waals surface area contributed by atoms with Gasteiger partial charge in [0.05, 0.1) is 6.04 Å². The van der Waals surface area contributed by atoms with Gasteiger partial charge in [0.2, 0.25) is 5.91 Å². The number of hydrogen-bond acceptors (Lipinski definition) is 4. The number of benzene rings is 2. The van der Waals surface area contributed by atoms with E-state index in [0.29, 0.717) is 25.1 Å². The van der Waals surface area contributed by atoms with E-state index in [1.807, 2.05) is 49.6 Å². The van der Waals surface area contributed by atoms with Gasteiger partial charge in [-0.15, -0.1) is 12.4 Å². The van der Waals surface area contributed by atoms with Crippen molar-refractivity contribution in [1.29, 1.82) is 0 Å². The van der Waals surface area contributed by atoms with Crippen LogP contribution in [0, 0.1) is 6.92 Å². The summed E-state index contributed by atoms with van der Waals surface area (Å²) in [5, 5.41) is 5.75. The smallest absolute Gasteiger partial charge is 0.251 e. The van der Waals surface area contributed by atoms with Crippen LogP contribution >= 0.6 is 24.2 Å². The Kier molecular flexibility index (Phi) is 10.7. The van der Waals surface area contributed by atoms with Gasteiger partial charge in [0.15, 0.2) is 0 Å². The zero-order valence-corrected chi connectivity index (χ0v) is 17.9. The number of carbonyl (C=O) groups is 2. The van der Waals surface area contributed by atoms with Crippen molar-refractivity contribution in [3.8, 4) is 0 Å². The summed E-state index contributed by atoms with van der Waals surface area (Å²) < 4.78 is 0. The minimum Gasteiger partial charge on any atom is -0.351 e. The number of thioether (sulfide) groups is 1. The Morgan fingerprint density at radius 1 is 1.04 bits per heavy atom. The summed E-state index contributed by atoms with van der Waals surface area (Å²) >= 11 is 1.67. The lowest BCUT2D eigenvalue weighted by Crippen LogP contribution is -2.40. The summed E-state index contributed by atoms with van der Waals surface area (Å²) in [6.45, 7) is 2.86. The van der Waals surface area contributed by atoms with E-state index in [9.17, 15) is 9.59 Å². The van der Waals surface area contributed by atoms with Crippen LogP contribution in [0.3, 0.4) is 0 Å². The van der Waals surface area contributed by atoms with E-state index in [1.54, 1.807) is 23.9 Å². The molecule has 2 rings (SSSR count). The summed E-state index contributed by atoms with van der Waals surface area (Å²) in [6, 6.07) is 14.8. The van der Waals surface area contributed by atoms with Gasteiger partial charge in [-0.25, -0.2) is 0 Å². The molecule has 0 aromatic heterocycles. The second-order valence-corrected chi connectivity index (χ2v) is 7.46. The molecule has 0 unspecified atom stereocenters. The van der Waals surface area contributed by atoms with E-state index in [1.165, 1.54) is 5.56 Å². The van der Waals surface area contributed by atoms with Gasteiger partial charge in [-0.3, -0.25) is 9.59 Å². The van der Waals surface area contributed by atoms with E-state index >= 15 is 0 Å². The van der Waals surface area contributed by atoms with Crippen molar-refractivity contribution in [3.63, 3.8) is 0 Å². The first-order valence-corrected chi connectivity index (χ1v) is 10.3. The molecule has 28 heavy (non-hydrogen) atoms. The fourth-order valence-electron chi connectivity index (χ4n) is 2.51. The molecule has 2 aromatic carbocycles. The van der Waals surface area contributed by atoms with Crippen LogP contribution < -0.4 is 16.4 Å². The Bertz CT molecular complexity index is 769. The maximum Gasteiger partial charge on any atom is 0.251 e. The lowest BCUT2D eigenvalue weighted by atomic mass is 10.1. The molecule has 0 aliphatic heterocycles. The van der Waals surface area contributed by atoms with Crippen molar-refractivity contribution in [2.45, 2.75) is 32.5 Å². The quantitative estimate of drug-likeness (QED) is 0.581. The van der Waals surface area contributed by atoms with Gasteiger partial charge in [0, 0.05) is 18.7 Å². The standard InChI is InChI=1S/C21H27N3O2S.ClH/c1-15-6-8-16(9-7-15)13-23-20(25)18-5-3-4-17(12-18)14-24-21(26)19(22)10-11-27-2;/h3-9,12,19H,10-11,13-14,22H2,1-2H3,(H,23,25)(H,24,26);1H/t19-;/m0./s1. The molecule has 2 aromatic rings. The molecule has 0 bridgehead atoms. The number of nitrogens with two attached hydrogens (primary N) is 1. The largest absolute Gasteiger partial charge is 0.351 e. The summed E-state index contributed by atoms with van der Waals surface area (Å²) in [5.41, 5.74) is 9.53. The SMILES string of the molecule is CSCC[C@H](N)C(=O)NCc1cccc(C(=O)NCc2ccc(C)cc2)c1.Cl. The van der Waals surface area contributed by atoms with Crippen LogP contribution in [0.5, 0.6) is 0 Å². The number of halogens is 1. The Labute approximate surface area is 177 Å². The monoisotopic (exact) mass is 421 g/mol. The van der Waals surface area contributed by atoms with E-state index in [-0.39, 0.29) is 24.2 Å². The van der Waals surface area contributed by atoms with Gasteiger partial charge >= 0.3 is 0 Å². The topological polar surface area (TPSA) is 84.2 Å². The molecule has 152 valence electrons. The fourth-order valence-corrected chi connectivity index (χ4v) is 3.00. The van der Waals surface area contributed by atoms with E-state index in [4.69, 9.17) is 5.73 Å². The van der Waals surface area contributed by atoms with Gasteiger partial charge in [0.25, 0.3) is 5.91 Å². The zero-order valence-electron chi connectivity index (χ0n) is 16.2. The third-order valence-corrected chi connectivity index (χ3v) is 4.84. The van der Waals surface area contributed by atoms with E-state index < -0.39 is 6.04 Å². The van der Waals surface area contributed by atoms with Gasteiger partial charge in [-0.05, 0) is 48.6 Å². The average molecular weight is 422 g/mol. The number of hydrogen-bond donors (Lipinski definition) is 3. The Morgan fingerprint density at radius 2 is 1.71 bits per heavy atom. The molecule has 1 atom stereocenters. The molecular formula is C21H28ClN3O2S. The van der Waals surface area contributed by atoms with Crippen LogP contribution in [0.2, 0.25) is 0 Å². The highest BCUT2D eigenvalue weighted by molar-refractivity contribution is 7.98. The van der Waals surface area contributed by atoms with Crippen molar-refractivity contribution < 1.29 is 9.59 Å². The molecule has 0 fully saturated rings. The molecule has 0 heterocycles. The van der Waals surface area contributed by atoms with Crippen molar-refractivity contribution in [3.05, 3.63) is 70.8 Å². The maximum absolute atomic E-state index is 12.4. The maximum atomic E-state index is 12.4. The number of aryl methyl sites for hydroxylation is 1. The molecule has 0 aliphatic rings. The van der Waals surface area contributed by atoms with Crippen molar-refractivity contribution in [2.75, 3.05) is 12.0 Å². The Morgan fingerprint density at radius 3 is 2.39 bits per heavy atom. The highest BCUT2D eigenvalue weighted by Crippen LogP contribution is 2.07. The van der Waals surface area contributed by atoms with Crippen LogP contribution in [0.1, 0.15) is 33.5 Å². The lowest BCUT2D eigenvalue weighted by Gasteiger charge is -2.12. The summed E-state index contributed by atoms with van der Waals surface area (Å²) in [4.78, 5) is 24.4. The molecule has 0 saturated carbocycles. The van der Waals surface area contributed by atoms with E-state index in [2.05, 4.69) is 10.6 Å². The van der Waals surface area contributed by atoms with Gasteiger partial charge in [-0.1, -0.05) is 42.0 Å². The van der Waals surface area contributed by atoms with Crippen LogP contribution in [-0.2, 0) is 17.9 Å². The first-order valence-electron chi connectivity index (χ1n) is 8.94. The number of carbonyl (C=O) groups excluding carboxylic acids is 2. The lowest BCUT2D eigenvalue weighted by molar-refractivity contribution is -0.122. The predicted octanol–water partition coefficient (Wildman–Crippen LogP) is 3.04. The molecule has 0 saturated heterocycles. The van der Waals surface area contributed by atoms with E-state index in [0.717, 1.165) is 16.9 Å². The fraction of sp³-hybridized carbons (Fsp3) is 0.333. The molecule has 0 aliphatic carbocycles. The highest BCUT2D eigenvalue weighted by atomic mass is 35.5. The van der Waals surface area contributed by atoms with Gasteiger partial charge in [0.1, 0.15) is 0 Å². The second-order valence-electron chi connectivity index (χ2n) is 6.47. The van der Waals surface area contributed by atoms with Crippen LogP contribution in [0.25, 0.3) is 0 Å². The van der Waals surface area contributed by atoms with Gasteiger partial charge in [-0.2, -0.15) is 11.8 Å². The summed E-state index contributed by atoms with van der Waals surface area (Å²) in [7, 11) is 0. The number of amides is 2. The first kappa shape index (κ1) is 24.0. The molecule has 0 radical (unpaired) electrons. The predicted molar refractivity (Wildman–Crippen MR) is 119 cm³/mol. The van der Waals surface area contributed by atoms with Crippen molar-refractivity contribution in [2.24, 2.45) is 5.73 Å². The number of rotatable bonds is 9. The zero-order chi connectivity index (χ0) is 19.6. The minimum absolute atomic E-state index is 0. The van der Waals surface area contributed by atoms with Gasteiger partial charge < -0.3 is 16.4 Å². The van der Waals surface area contributed by atoms with Crippen LogP contribution in [0.4, 0.5) is 0 Å². The second kappa shape index (κ2) is 12.4. The molecule has 0 spiro atoms. The third-order valence-electron chi connectivity index (χ3n) is 4.20. The van der Waals surface area contributed by atoms with Crippen molar-refractivity contribution in [1.82, 2.24) is 10.6 Å². The van der Waals surface area contributed by atoms with Crippen LogP contribution in [0.15, 0.2) is 48.5 Å².